The lowest BCUT2D eigenvalue weighted by atomic mass is 10.2. The molecule has 116 valence electrons. The van der Waals surface area contributed by atoms with Gasteiger partial charge in [0.05, 0.1) is 4.92 Å². The van der Waals surface area contributed by atoms with Crippen LogP contribution in [0.4, 0.5) is 17.1 Å². The average molecular weight is 294 g/mol. The number of nitrogens with one attached hydrogen (secondary N) is 3. The molecule has 1 rings (SSSR count). The number of benzene rings is 1. The van der Waals surface area contributed by atoms with E-state index in [0.717, 1.165) is 6.42 Å². The molecule has 1 aromatic carbocycles. The van der Waals surface area contributed by atoms with Gasteiger partial charge < -0.3 is 16.0 Å². The number of nitro groups is 1. The molecule has 7 heteroatoms. The van der Waals surface area contributed by atoms with Crippen molar-refractivity contribution in [3.63, 3.8) is 0 Å². The van der Waals surface area contributed by atoms with Crippen molar-refractivity contribution in [2.45, 2.75) is 33.2 Å². The highest BCUT2D eigenvalue weighted by Crippen LogP contribution is 2.33. The second kappa shape index (κ2) is 8.08. The van der Waals surface area contributed by atoms with Gasteiger partial charge >= 0.3 is 5.69 Å². The molecule has 0 aromatic heterocycles. The van der Waals surface area contributed by atoms with E-state index >= 15 is 0 Å². The lowest BCUT2D eigenvalue weighted by Crippen LogP contribution is -2.38. The predicted octanol–water partition coefficient (Wildman–Crippen LogP) is 2.35. The minimum atomic E-state index is -0.549. The second-order valence-corrected chi connectivity index (χ2v) is 4.65. The van der Waals surface area contributed by atoms with Crippen molar-refractivity contribution >= 4 is 23.0 Å². The molecule has 21 heavy (non-hydrogen) atoms. The van der Waals surface area contributed by atoms with Crippen molar-refractivity contribution in [1.29, 1.82) is 0 Å². The van der Waals surface area contributed by atoms with Crippen LogP contribution in [-0.2, 0) is 4.79 Å². The number of para-hydroxylation sites is 1. The van der Waals surface area contributed by atoms with Crippen molar-refractivity contribution in [3.05, 3.63) is 28.3 Å². The first kappa shape index (κ1) is 16.7. The third kappa shape index (κ3) is 4.62. The summed E-state index contributed by atoms with van der Waals surface area (Å²) < 4.78 is 0. The Morgan fingerprint density at radius 1 is 1.33 bits per heavy atom. The molecule has 0 spiro atoms. The zero-order chi connectivity index (χ0) is 15.8. The van der Waals surface area contributed by atoms with Gasteiger partial charge in [0.2, 0.25) is 5.91 Å². The third-order valence-corrected chi connectivity index (χ3v) is 2.90. The minimum absolute atomic E-state index is 0.0468. The smallest absolute Gasteiger partial charge is 0.315 e. The van der Waals surface area contributed by atoms with Gasteiger partial charge in [0.25, 0.3) is 0 Å². The molecule has 0 saturated carbocycles. The molecule has 0 aliphatic rings. The molecule has 0 aliphatic heterocycles. The molecule has 1 unspecified atom stereocenters. The Balaban J connectivity index is 2.94. The fourth-order valence-electron chi connectivity index (χ4n) is 1.89. The molecule has 0 bridgehead atoms. The largest absolute Gasteiger partial charge is 0.380 e. The Hall–Kier alpha value is -2.31. The zero-order valence-corrected chi connectivity index (χ0v) is 12.6. The van der Waals surface area contributed by atoms with E-state index in [1.807, 2.05) is 13.8 Å². The fraction of sp³-hybridized carbons (Fsp3) is 0.500. The summed E-state index contributed by atoms with van der Waals surface area (Å²) in [6.07, 6.45) is 0.842. The summed E-state index contributed by atoms with van der Waals surface area (Å²) in [6, 6.07) is 4.41. The molecular formula is C14H22N4O3. The van der Waals surface area contributed by atoms with E-state index in [9.17, 15) is 14.9 Å². The number of nitro benzene ring substituents is 1. The number of rotatable bonds is 8. The standard InChI is InChI=1S/C14H22N4O3/c1-4-9-16-14(19)10(3)17-12-8-6-7-11(15-5-2)13(12)18(20)21/h6-8,10,15,17H,4-5,9H2,1-3H3,(H,16,19). The summed E-state index contributed by atoms with van der Waals surface area (Å²) in [5, 5.41) is 19.9. The highest BCUT2D eigenvalue weighted by atomic mass is 16.6. The van der Waals surface area contributed by atoms with Gasteiger partial charge in [0.15, 0.2) is 0 Å². The van der Waals surface area contributed by atoms with Crippen LogP contribution in [0.2, 0.25) is 0 Å². The summed E-state index contributed by atoms with van der Waals surface area (Å²) in [4.78, 5) is 22.7. The molecule has 0 heterocycles. The van der Waals surface area contributed by atoms with Crippen LogP contribution in [0.15, 0.2) is 18.2 Å². The monoisotopic (exact) mass is 294 g/mol. The maximum atomic E-state index is 11.8. The predicted molar refractivity (Wildman–Crippen MR) is 83.6 cm³/mol. The molecule has 7 nitrogen and oxygen atoms in total. The topological polar surface area (TPSA) is 96.3 Å². The first-order valence-corrected chi connectivity index (χ1v) is 7.06. The first-order chi connectivity index (χ1) is 10.0. The van der Waals surface area contributed by atoms with Gasteiger partial charge in [-0.05, 0) is 32.4 Å². The lowest BCUT2D eigenvalue weighted by Gasteiger charge is -2.16. The summed E-state index contributed by atoms with van der Waals surface area (Å²) in [6.45, 7) is 6.67. The van der Waals surface area contributed by atoms with Gasteiger partial charge in [-0.3, -0.25) is 14.9 Å². The maximum absolute atomic E-state index is 11.8. The van der Waals surface area contributed by atoms with Crippen LogP contribution >= 0.6 is 0 Å². The average Bonchev–Trinajstić information content (AvgIpc) is 2.44. The quantitative estimate of drug-likeness (QED) is 0.505. The highest BCUT2D eigenvalue weighted by molar-refractivity contribution is 5.86. The van der Waals surface area contributed by atoms with Crippen molar-refractivity contribution in [2.24, 2.45) is 0 Å². The Morgan fingerprint density at radius 2 is 2.00 bits per heavy atom. The molecule has 1 amide bonds. The van der Waals surface area contributed by atoms with Crippen LogP contribution in [0.5, 0.6) is 0 Å². The van der Waals surface area contributed by atoms with E-state index in [1.54, 1.807) is 25.1 Å². The van der Waals surface area contributed by atoms with Gasteiger partial charge in [-0.1, -0.05) is 13.0 Å². The van der Waals surface area contributed by atoms with Gasteiger partial charge in [0.1, 0.15) is 17.4 Å². The van der Waals surface area contributed by atoms with Crippen molar-refractivity contribution in [2.75, 3.05) is 23.7 Å². The third-order valence-electron chi connectivity index (χ3n) is 2.90. The Labute approximate surface area is 124 Å². The van der Waals surface area contributed by atoms with E-state index in [4.69, 9.17) is 0 Å². The summed E-state index contributed by atoms with van der Waals surface area (Å²) in [5.41, 5.74) is 0.723. The van der Waals surface area contributed by atoms with Crippen LogP contribution in [-0.4, -0.2) is 30.0 Å². The van der Waals surface area contributed by atoms with Crippen molar-refractivity contribution < 1.29 is 9.72 Å². The van der Waals surface area contributed by atoms with Crippen LogP contribution in [0.25, 0.3) is 0 Å². The molecule has 3 N–H and O–H groups in total. The van der Waals surface area contributed by atoms with E-state index in [0.29, 0.717) is 24.5 Å². The van der Waals surface area contributed by atoms with Gasteiger partial charge in [0, 0.05) is 13.1 Å². The minimum Gasteiger partial charge on any atom is -0.380 e. The number of hydrogen-bond acceptors (Lipinski definition) is 5. The van der Waals surface area contributed by atoms with E-state index in [1.165, 1.54) is 0 Å². The van der Waals surface area contributed by atoms with Crippen molar-refractivity contribution in [1.82, 2.24) is 5.32 Å². The molecular weight excluding hydrogens is 272 g/mol. The Kier molecular flexibility index (Phi) is 6.45. The van der Waals surface area contributed by atoms with E-state index < -0.39 is 11.0 Å². The zero-order valence-electron chi connectivity index (χ0n) is 12.6. The van der Waals surface area contributed by atoms with Crippen LogP contribution in [0, 0.1) is 10.1 Å². The maximum Gasteiger partial charge on any atom is 0.315 e. The molecule has 0 saturated heterocycles. The Morgan fingerprint density at radius 3 is 2.57 bits per heavy atom. The number of nitrogens with zero attached hydrogens (tertiary/aromatic N) is 1. The fourth-order valence-corrected chi connectivity index (χ4v) is 1.89. The molecule has 0 fully saturated rings. The molecule has 0 radical (unpaired) electrons. The van der Waals surface area contributed by atoms with Gasteiger partial charge in [-0.2, -0.15) is 0 Å². The summed E-state index contributed by atoms with van der Waals surface area (Å²) in [7, 11) is 0. The molecule has 0 aliphatic carbocycles. The second-order valence-electron chi connectivity index (χ2n) is 4.65. The molecule has 1 aromatic rings. The number of carbonyl (C=O) groups is 1. The lowest BCUT2D eigenvalue weighted by molar-refractivity contribution is -0.383. The van der Waals surface area contributed by atoms with E-state index in [-0.39, 0.29) is 11.6 Å². The number of amides is 1. The summed E-state index contributed by atoms with van der Waals surface area (Å²) >= 11 is 0. The van der Waals surface area contributed by atoms with Crippen LogP contribution in [0.1, 0.15) is 27.2 Å². The molecule has 1 atom stereocenters. The van der Waals surface area contributed by atoms with Crippen molar-refractivity contribution in [3.8, 4) is 0 Å². The van der Waals surface area contributed by atoms with Gasteiger partial charge in [-0.15, -0.1) is 0 Å². The van der Waals surface area contributed by atoms with E-state index in [2.05, 4.69) is 16.0 Å². The van der Waals surface area contributed by atoms with Gasteiger partial charge in [-0.25, -0.2) is 0 Å². The highest BCUT2D eigenvalue weighted by Gasteiger charge is 2.22. The number of hydrogen-bond donors (Lipinski definition) is 3. The first-order valence-electron chi connectivity index (χ1n) is 7.06. The SMILES string of the molecule is CCCNC(=O)C(C)Nc1cccc(NCC)c1[N+](=O)[O-]. The van der Waals surface area contributed by atoms with Crippen LogP contribution < -0.4 is 16.0 Å². The number of anilines is 2. The van der Waals surface area contributed by atoms with Crippen LogP contribution in [0.3, 0.4) is 0 Å². The summed E-state index contributed by atoms with van der Waals surface area (Å²) in [5.74, 6) is -0.181. The normalized spacial score (nSPS) is 11.6. The number of carbonyl (C=O) groups excluding carboxylic acids is 1. The Bertz CT molecular complexity index is 505.